The topological polar surface area (TPSA) is 26.3 Å². The summed E-state index contributed by atoms with van der Waals surface area (Å²) in [5.74, 6) is -0.151. The fourth-order valence-electron chi connectivity index (χ4n) is 5.09. The molecule has 0 aliphatic carbocycles. The zero-order valence-electron chi connectivity index (χ0n) is 24.0. The van der Waals surface area contributed by atoms with Crippen molar-refractivity contribution in [2.24, 2.45) is 0 Å². The molecule has 2 nitrogen and oxygen atoms in total. The third-order valence-electron chi connectivity index (χ3n) is 7.33. The zero-order chi connectivity index (χ0) is 25.0. The summed E-state index contributed by atoms with van der Waals surface area (Å²) >= 11 is 0. The van der Waals surface area contributed by atoms with E-state index in [4.69, 9.17) is 4.74 Å². The molecule has 0 N–H and O–H groups in total. The fraction of sp³-hybridized carbons (Fsp3) is 0.969. The molecule has 0 bridgehead atoms. The van der Waals surface area contributed by atoms with Crippen LogP contribution >= 0.6 is 0 Å². The molecule has 1 atom stereocenters. The van der Waals surface area contributed by atoms with E-state index in [0.717, 1.165) is 6.42 Å². The van der Waals surface area contributed by atoms with Gasteiger partial charge in [-0.3, -0.25) is 4.79 Å². The molecule has 0 heterocycles. The molecule has 0 amide bonds. The summed E-state index contributed by atoms with van der Waals surface area (Å²) in [5, 5.41) is 0. The molecule has 0 rings (SSSR count). The molecule has 34 heavy (non-hydrogen) atoms. The van der Waals surface area contributed by atoms with Crippen molar-refractivity contribution in [2.45, 2.75) is 200 Å². The molecular weight excluding hydrogens is 416 g/mol. The zero-order valence-corrected chi connectivity index (χ0v) is 24.0. The van der Waals surface area contributed by atoms with E-state index in [0.29, 0.717) is 0 Å². The minimum atomic E-state index is -0.151. The molecular formula is C32H64O2. The van der Waals surface area contributed by atoms with Crippen LogP contribution < -0.4 is 0 Å². The first-order chi connectivity index (χ1) is 16.7. The van der Waals surface area contributed by atoms with Crippen molar-refractivity contribution in [3.8, 4) is 0 Å². The molecule has 2 heteroatoms. The Kier molecular flexibility index (Phi) is 28.3. The summed E-state index contributed by atoms with van der Waals surface area (Å²) in [5.41, 5.74) is 0. The Bertz CT molecular complexity index is 392. The van der Waals surface area contributed by atoms with Crippen LogP contribution in [0.5, 0.6) is 0 Å². The number of unbranched alkanes of at least 4 members (excludes halogenated alkanes) is 25. The minimum absolute atomic E-state index is 0.0897. The molecule has 0 fully saturated rings. The number of hydrogen-bond acceptors (Lipinski definition) is 2. The van der Waals surface area contributed by atoms with Crippen LogP contribution in [0.4, 0.5) is 0 Å². The monoisotopic (exact) mass is 480 g/mol. The summed E-state index contributed by atoms with van der Waals surface area (Å²) in [6.07, 6.45) is 38.3. The molecule has 1 unspecified atom stereocenters. The smallest absolute Gasteiger partial charge is 0.302 e. The average Bonchev–Trinajstić information content (AvgIpc) is 2.81. The third kappa shape index (κ3) is 29.5. The fourth-order valence-corrected chi connectivity index (χ4v) is 5.09. The first-order valence-corrected chi connectivity index (χ1v) is 15.8. The summed E-state index contributed by atoms with van der Waals surface area (Å²) in [7, 11) is 0. The van der Waals surface area contributed by atoms with Crippen LogP contribution in [0, 0.1) is 0 Å². The van der Waals surface area contributed by atoms with Crippen molar-refractivity contribution in [3.05, 3.63) is 0 Å². The third-order valence-corrected chi connectivity index (χ3v) is 7.33. The number of carbonyl (C=O) groups is 1. The minimum Gasteiger partial charge on any atom is -0.463 e. The average molecular weight is 481 g/mol. The molecule has 0 aromatic heterocycles. The van der Waals surface area contributed by atoms with Crippen LogP contribution in [-0.2, 0) is 9.53 Å². The molecule has 0 saturated carbocycles. The Balaban J connectivity index is 3.06. The summed E-state index contributed by atoms with van der Waals surface area (Å²) < 4.78 is 5.17. The van der Waals surface area contributed by atoms with Gasteiger partial charge < -0.3 is 4.74 Å². The van der Waals surface area contributed by atoms with Gasteiger partial charge in [-0.25, -0.2) is 0 Å². The largest absolute Gasteiger partial charge is 0.463 e. The van der Waals surface area contributed by atoms with Gasteiger partial charge in [0.2, 0.25) is 0 Å². The lowest BCUT2D eigenvalue weighted by atomic mass is 10.0. The van der Waals surface area contributed by atoms with Crippen molar-refractivity contribution >= 4 is 5.97 Å². The summed E-state index contributed by atoms with van der Waals surface area (Å²) in [6, 6.07) is 0. The van der Waals surface area contributed by atoms with Gasteiger partial charge in [0.05, 0.1) is 6.10 Å². The number of esters is 1. The first-order valence-electron chi connectivity index (χ1n) is 15.8. The van der Waals surface area contributed by atoms with E-state index in [-0.39, 0.29) is 12.1 Å². The van der Waals surface area contributed by atoms with Gasteiger partial charge in [0, 0.05) is 6.92 Å². The van der Waals surface area contributed by atoms with E-state index in [2.05, 4.69) is 6.92 Å². The van der Waals surface area contributed by atoms with Gasteiger partial charge in [0.1, 0.15) is 0 Å². The Morgan fingerprint density at radius 2 is 0.706 bits per heavy atom. The van der Waals surface area contributed by atoms with Crippen LogP contribution in [-0.4, -0.2) is 12.1 Å². The molecule has 0 aromatic carbocycles. The highest BCUT2D eigenvalue weighted by molar-refractivity contribution is 5.66. The molecule has 0 aromatic rings. The Hall–Kier alpha value is -0.530. The number of carbonyl (C=O) groups excluding carboxylic acids is 1. The predicted molar refractivity (Wildman–Crippen MR) is 152 cm³/mol. The summed E-state index contributed by atoms with van der Waals surface area (Å²) in [6.45, 7) is 5.80. The summed E-state index contributed by atoms with van der Waals surface area (Å²) in [4.78, 5) is 10.9. The Labute approximate surface area is 215 Å². The predicted octanol–water partition coefficient (Wildman–Crippen LogP) is 11.5. The molecule has 0 aliphatic rings. The Morgan fingerprint density at radius 3 is 0.941 bits per heavy atom. The quantitative estimate of drug-likeness (QED) is 0.0821. The molecule has 0 radical (unpaired) electrons. The van der Waals surface area contributed by atoms with Gasteiger partial charge in [0.25, 0.3) is 0 Å². The SMILES string of the molecule is CCCCCCCCCCCCCCCCCCCCCCCCCCCCC(C)OC(C)=O. The molecule has 0 aliphatic heterocycles. The second kappa shape index (κ2) is 28.7. The maximum atomic E-state index is 10.9. The van der Waals surface area contributed by atoms with Crippen molar-refractivity contribution < 1.29 is 9.53 Å². The highest BCUT2D eigenvalue weighted by atomic mass is 16.5. The van der Waals surface area contributed by atoms with Crippen molar-refractivity contribution in [2.75, 3.05) is 0 Å². The van der Waals surface area contributed by atoms with Crippen molar-refractivity contribution in [1.82, 2.24) is 0 Å². The van der Waals surface area contributed by atoms with Crippen LogP contribution in [0.3, 0.4) is 0 Å². The van der Waals surface area contributed by atoms with Crippen molar-refractivity contribution in [3.63, 3.8) is 0 Å². The van der Waals surface area contributed by atoms with Crippen LogP contribution in [0.1, 0.15) is 194 Å². The van der Waals surface area contributed by atoms with Crippen LogP contribution in [0.2, 0.25) is 0 Å². The van der Waals surface area contributed by atoms with Crippen LogP contribution in [0.15, 0.2) is 0 Å². The second-order valence-corrected chi connectivity index (χ2v) is 11.0. The second-order valence-electron chi connectivity index (χ2n) is 11.0. The highest BCUT2D eigenvalue weighted by Crippen LogP contribution is 2.16. The number of ether oxygens (including phenoxy) is 1. The van der Waals surface area contributed by atoms with Gasteiger partial charge >= 0.3 is 5.97 Å². The lowest BCUT2D eigenvalue weighted by molar-refractivity contribution is -0.145. The lowest BCUT2D eigenvalue weighted by Crippen LogP contribution is -2.11. The molecule has 204 valence electrons. The van der Waals surface area contributed by atoms with Gasteiger partial charge in [-0.15, -0.1) is 0 Å². The molecule has 0 saturated heterocycles. The molecule has 0 spiro atoms. The van der Waals surface area contributed by atoms with E-state index < -0.39 is 0 Å². The highest BCUT2D eigenvalue weighted by Gasteiger charge is 2.04. The first kappa shape index (κ1) is 33.5. The van der Waals surface area contributed by atoms with E-state index in [9.17, 15) is 4.79 Å². The standard InChI is InChI=1S/C32H64O2/c1-4-5-6-7-8-9-10-11-12-13-14-15-16-17-18-19-20-21-22-23-24-25-26-27-28-29-30-31(2)34-32(3)33/h31H,4-30H2,1-3H3. The van der Waals surface area contributed by atoms with Crippen molar-refractivity contribution in [1.29, 1.82) is 0 Å². The lowest BCUT2D eigenvalue weighted by Gasteiger charge is -2.11. The number of hydrogen-bond donors (Lipinski definition) is 0. The van der Waals surface area contributed by atoms with E-state index in [1.54, 1.807) is 0 Å². The van der Waals surface area contributed by atoms with Crippen LogP contribution in [0.25, 0.3) is 0 Å². The maximum absolute atomic E-state index is 10.9. The van der Waals surface area contributed by atoms with E-state index >= 15 is 0 Å². The van der Waals surface area contributed by atoms with E-state index in [1.807, 2.05) is 6.92 Å². The van der Waals surface area contributed by atoms with Gasteiger partial charge in [0.15, 0.2) is 0 Å². The van der Waals surface area contributed by atoms with Gasteiger partial charge in [-0.1, -0.05) is 167 Å². The van der Waals surface area contributed by atoms with Gasteiger partial charge in [-0.05, 0) is 19.8 Å². The van der Waals surface area contributed by atoms with E-state index in [1.165, 1.54) is 174 Å². The Morgan fingerprint density at radius 1 is 0.471 bits per heavy atom. The maximum Gasteiger partial charge on any atom is 0.302 e. The normalized spacial score (nSPS) is 12.2. The van der Waals surface area contributed by atoms with Gasteiger partial charge in [-0.2, -0.15) is 0 Å². The number of rotatable bonds is 28.